The predicted octanol–water partition coefficient (Wildman–Crippen LogP) is 2.17. The minimum Gasteiger partial charge on any atom is -0.450 e. The van der Waals surface area contributed by atoms with Gasteiger partial charge in [-0.15, -0.1) is 12.4 Å². The molecule has 2 N–H and O–H groups in total. The van der Waals surface area contributed by atoms with E-state index >= 15 is 0 Å². The van der Waals surface area contributed by atoms with E-state index in [4.69, 9.17) is 19.5 Å². The van der Waals surface area contributed by atoms with Crippen molar-refractivity contribution >= 4 is 37.3 Å². The number of nitrogens with two attached hydrogens (primary N) is 1. The monoisotopic (exact) mass is 477 g/mol. The quantitative estimate of drug-likeness (QED) is 0.542. The fourth-order valence-electron chi connectivity index (χ4n) is 3.28. The van der Waals surface area contributed by atoms with Crippen molar-refractivity contribution in [1.82, 2.24) is 9.80 Å². The third-order valence-corrected chi connectivity index (χ3v) is 6.82. The zero-order chi connectivity index (χ0) is 22.1. The van der Waals surface area contributed by atoms with Crippen LogP contribution in [-0.2, 0) is 29.6 Å². The minimum atomic E-state index is -3.40. The van der Waals surface area contributed by atoms with E-state index in [9.17, 15) is 14.2 Å². The van der Waals surface area contributed by atoms with E-state index < -0.39 is 13.6 Å². The maximum absolute atomic E-state index is 13.0. The van der Waals surface area contributed by atoms with E-state index in [1.165, 1.54) is 0 Å². The van der Waals surface area contributed by atoms with Crippen molar-refractivity contribution in [1.29, 1.82) is 0 Å². The van der Waals surface area contributed by atoms with Gasteiger partial charge in [-0.05, 0) is 44.9 Å². The molecule has 0 unspecified atom stereocenters. The molecule has 0 bridgehead atoms. The van der Waals surface area contributed by atoms with E-state index in [0.717, 1.165) is 5.56 Å². The Morgan fingerprint density at radius 2 is 1.61 bits per heavy atom. The van der Waals surface area contributed by atoms with Gasteiger partial charge in [0.15, 0.2) is 0 Å². The third kappa shape index (κ3) is 7.47. The Labute approximate surface area is 190 Å². The van der Waals surface area contributed by atoms with E-state index in [0.29, 0.717) is 44.5 Å². The molecule has 1 heterocycles. The van der Waals surface area contributed by atoms with Crippen LogP contribution in [0.25, 0.3) is 0 Å². The topological polar surface area (TPSA) is 111 Å². The Balaban J connectivity index is 0.00000480. The Morgan fingerprint density at radius 1 is 1.03 bits per heavy atom. The van der Waals surface area contributed by atoms with Gasteiger partial charge in [0.25, 0.3) is 0 Å². The molecule has 1 aromatic rings. The summed E-state index contributed by atoms with van der Waals surface area (Å²) in [7, 11) is -3.40. The van der Waals surface area contributed by atoms with E-state index in [1.807, 2.05) is 6.07 Å². The zero-order valence-electron chi connectivity index (χ0n) is 18.3. The van der Waals surface area contributed by atoms with Crippen LogP contribution >= 0.6 is 20.0 Å². The normalized spacial score (nSPS) is 15.2. The van der Waals surface area contributed by atoms with Gasteiger partial charge in [-0.2, -0.15) is 0 Å². The average Bonchev–Trinajstić information content (AvgIpc) is 2.74. The fraction of sp³-hybridized carbons (Fsp3) is 0.600. The largest absolute Gasteiger partial charge is 0.450 e. The number of carbonyl (C=O) groups is 2. The first-order valence-corrected chi connectivity index (χ1v) is 11.8. The predicted molar refractivity (Wildman–Crippen MR) is 121 cm³/mol. The highest BCUT2D eigenvalue weighted by atomic mass is 35.5. The van der Waals surface area contributed by atoms with Crippen LogP contribution in [-0.4, -0.2) is 73.8 Å². The molecule has 9 nitrogen and oxygen atoms in total. The van der Waals surface area contributed by atoms with Crippen molar-refractivity contribution in [3.05, 3.63) is 29.8 Å². The van der Waals surface area contributed by atoms with Crippen molar-refractivity contribution in [2.75, 3.05) is 46.0 Å². The van der Waals surface area contributed by atoms with Gasteiger partial charge in [-0.3, -0.25) is 9.36 Å². The van der Waals surface area contributed by atoms with Gasteiger partial charge in [-0.25, -0.2) is 4.79 Å². The number of hydrogen-bond acceptors (Lipinski definition) is 7. The zero-order valence-corrected chi connectivity index (χ0v) is 20.0. The molecular weight excluding hydrogens is 445 g/mol. The summed E-state index contributed by atoms with van der Waals surface area (Å²) in [5.74, 6) is -0.179. The number of piperazine rings is 1. The summed E-state index contributed by atoms with van der Waals surface area (Å²) in [5, 5.41) is 0.450. The Bertz CT molecular complexity index is 763. The number of halogens is 1. The molecule has 0 aliphatic carbocycles. The number of nitrogens with zero attached hydrogens (tertiary/aromatic N) is 2. The summed E-state index contributed by atoms with van der Waals surface area (Å²) >= 11 is 0. The number of ether oxygens (including phenoxy) is 1. The number of rotatable bonds is 9. The van der Waals surface area contributed by atoms with Gasteiger partial charge in [0.2, 0.25) is 5.91 Å². The lowest BCUT2D eigenvalue weighted by molar-refractivity contribution is -0.134. The molecule has 0 aromatic heterocycles. The molecule has 0 saturated carbocycles. The summed E-state index contributed by atoms with van der Waals surface area (Å²) in [6, 6.07) is 6.26. The maximum Gasteiger partial charge on any atom is 0.409 e. The molecule has 1 fully saturated rings. The molecule has 1 aromatic carbocycles. The van der Waals surface area contributed by atoms with Gasteiger partial charge in [-0.1, -0.05) is 12.1 Å². The summed E-state index contributed by atoms with van der Waals surface area (Å²) in [6.07, 6.45) is -0.0676. The summed E-state index contributed by atoms with van der Waals surface area (Å²) in [4.78, 5) is 27.8. The SMILES string of the molecule is CCOC(=O)N1CCN(C(=O)[C@@H](N)Cc2cccc(P(=O)(OCC)OCC)c2)CC1.Cl. The minimum absolute atomic E-state index is 0. The van der Waals surface area contributed by atoms with Crippen molar-refractivity contribution in [3.8, 4) is 0 Å². The molecule has 31 heavy (non-hydrogen) atoms. The number of hydrogen-bond donors (Lipinski definition) is 1. The van der Waals surface area contributed by atoms with Crippen LogP contribution < -0.4 is 11.0 Å². The Kier molecular flexibility index (Phi) is 11.5. The second-order valence-electron chi connectivity index (χ2n) is 6.82. The van der Waals surface area contributed by atoms with Crippen molar-refractivity contribution < 1.29 is 27.9 Å². The van der Waals surface area contributed by atoms with Crippen LogP contribution in [0.1, 0.15) is 26.3 Å². The van der Waals surface area contributed by atoms with Crippen LogP contribution in [0.2, 0.25) is 0 Å². The highest BCUT2D eigenvalue weighted by Crippen LogP contribution is 2.46. The Morgan fingerprint density at radius 3 is 2.16 bits per heavy atom. The first kappa shape index (κ1) is 27.4. The van der Waals surface area contributed by atoms with Crippen LogP contribution in [0.3, 0.4) is 0 Å². The molecule has 0 spiro atoms. The van der Waals surface area contributed by atoms with Crippen molar-refractivity contribution in [3.63, 3.8) is 0 Å². The second-order valence-corrected chi connectivity index (χ2v) is 8.85. The standard InChI is InChI=1S/C20H32N3O6P.ClH/c1-4-27-20(25)23-12-10-22(11-13-23)19(24)18(21)15-16-8-7-9-17(14-16)30(26,28-5-2)29-6-3;/h7-9,14,18H,4-6,10-13,15,21H2,1-3H3;1H/t18-;/m0./s1. The van der Waals surface area contributed by atoms with Gasteiger partial charge in [0, 0.05) is 26.2 Å². The fourth-order valence-corrected chi connectivity index (χ4v) is 4.93. The molecule has 11 heteroatoms. The van der Waals surface area contributed by atoms with Crippen LogP contribution in [0.4, 0.5) is 4.79 Å². The van der Waals surface area contributed by atoms with E-state index in [1.54, 1.807) is 48.8 Å². The first-order chi connectivity index (χ1) is 14.3. The van der Waals surface area contributed by atoms with Crippen molar-refractivity contribution in [2.24, 2.45) is 5.73 Å². The van der Waals surface area contributed by atoms with Gasteiger partial charge < -0.3 is 29.3 Å². The molecule has 1 aliphatic rings. The van der Waals surface area contributed by atoms with Crippen LogP contribution in [0.15, 0.2) is 24.3 Å². The van der Waals surface area contributed by atoms with Gasteiger partial charge in [0.05, 0.1) is 31.2 Å². The van der Waals surface area contributed by atoms with Gasteiger partial charge in [0.1, 0.15) is 0 Å². The van der Waals surface area contributed by atoms with Gasteiger partial charge >= 0.3 is 13.7 Å². The molecular formula is C20H33ClN3O6P. The smallest absolute Gasteiger partial charge is 0.409 e. The number of benzene rings is 1. The molecule has 1 saturated heterocycles. The number of amides is 2. The van der Waals surface area contributed by atoms with Crippen molar-refractivity contribution in [2.45, 2.75) is 33.2 Å². The first-order valence-electron chi connectivity index (χ1n) is 10.3. The molecule has 1 atom stereocenters. The molecule has 2 rings (SSSR count). The lowest BCUT2D eigenvalue weighted by Crippen LogP contribution is -2.54. The molecule has 1 aliphatic heterocycles. The number of carbonyl (C=O) groups excluding carboxylic acids is 2. The average molecular weight is 478 g/mol. The second kappa shape index (κ2) is 13.0. The Hall–Kier alpha value is -1.64. The molecule has 2 amide bonds. The van der Waals surface area contributed by atoms with E-state index in [2.05, 4.69) is 0 Å². The maximum atomic E-state index is 13.0. The highest BCUT2D eigenvalue weighted by molar-refractivity contribution is 7.62. The van der Waals surface area contributed by atoms with E-state index in [-0.39, 0.29) is 37.6 Å². The molecule has 0 radical (unpaired) electrons. The summed E-state index contributed by atoms with van der Waals surface area (Å²) in [6.45, 7) is 7.77. The highest BCUT2D eigenvalue weighted by Gasteiger charge is 2.29. The summed E-state index contributed by atoms with van der Waals surface area (Å²) < 4.78 is 28.7. The molecule has 176 valence electrons. The lowest BCUT2D eigenvalue weighted by atomic mass is 10.1. The van der Waals surface area contributed by atoms with Crippen LogP contribution in [0, 0.1) is 0 Å². The third-order valence-electron chi connectivity index (χ3n) is 4.72. The van der Waals surface area contributed by atoms with Crippen LogP contribution in [0.5, 0.6) is 0 Å². The lowest BCUT2D eigenvalue weighted by Gasteiger charge is -2.35. The summed E-state index contributed by atoms with van der Waals surface area (Å²) in [5.41, 5.74) is 6.95.